The number of thiophene rings is 1. The predicted octanol–water partition coefficient (Wildman–Crippen LogP) is 13.0. The molecular weight excluding hydrogens is 671 g/mol. The lowest BCUT2D eigenvalue weighted by molar-refractivity contribution is 0.591. The van der Waals surface area contributed by atoms with E-state index in [9.17, 15) is 0 Å². The predicted molar refractivity (Wildman–Crippen MR) is 235 cm³/mol. The minimum absolute atomic E-state index is 0.0493. The van der Waals surface area contributed by atoms with Gasteiger partial charge < -0.3 is 9.71 Å². The average molecular weight is 707 g/mol. The van der Waals surface area contributed by atoms with E-state index >= 15 is 0 Å². The van der Waals surface area contributed by atoms with Crippen molar-refractivity contribution < 1.29 is 0 Å². The molecule has 54 heavy (non-hydrogen) atoms. The van der Waals surface area contributed by atoms with Crippen molar-refractivity contribution in [3.8, 4) is 11.1 Å². The highest BCUT2D eigenvalue weighted by atomic mass is 32.1. The second-order valence-electron chi connectivity index (χ2n) is 16.1. The Morgan fingerprint density at radius 3 is 1.94 bits per heavy atom. The van der Waals surface area contributed by atoms with E-state index in [2.05, 4.69) is 188 Å². The van der Waals surface area contributed by atoms with Crippen LogP contribution in [0.5, 0.6) is 0 Å². The number of anilines is 5. The summed E-state index contributed by atoms with van der Waals surface area (Å²) in [4.78, 5) is 5.22. The molecule has 4 heteroatoms. The molecule has 0 saturated heterocycles. The summed E-state index contributed by atoms with van der Waals surface area (Å²) in [5, 5.41) is 10.6. The van der Waals surface area contributed by atoms with Crippen molar-refractivity contribution in [2.45, 2.75) is 26.2 Å². The Kier molecular flexibility index (Phi) is 6.04. The van der Waals surface area contributed by atoms with Gasteiger partial charge in [-0.25, -0.2) is 0 Å². The van der Waals surface area contributed by atoms with E-state index in [-0.39, 0.29) is 12.3 Å². The second-order valence-corrected chi connectivity index (χ2v) is 17.2. The van der Waals surface area contributed by atoms with Crippen molar-refractivity contribution in [3.63, 3.8) is 0 Å². The Balaban J connectivity index is 1.31. The maximum Gasteiger partial charge on any atom is 0.333 e. The lowest BCUT2D eigenvalue weighted by Gasteiger charge is -2.46. The first-order valence-electron chi connectivity index (χ1n) is 19.0. The molecule has 0 unspecified atom stereocenters. The van der Waals surface area contributed by atoms with Crippen LogP contribution in [0.15, 0.2) is 158 Å². The quantitative estimate of drug-likeness (QED) is 0.130. The maximum atomic E-state index is 2.62. The molecule has 2 nitrogen and oxygen atoms in total. The summed E-state index contributed by atoms with van der Waals surface area (Å²) in [5.74, 6) is 0. The van der Waals surface area contributed by atoms with Crippen LogP contribution in [0.3, 0.4) is 0 Å². The van der Waals surface area contributed by atoms with Crippen LogP contribution in [0.1, 0.15) is 26.3 Å². The molecule has 10 aromatic rings. The van der Waals surface area contributed by atoms with E-state index in [4.69, 9.17) is 0 Å². The van der Waals surface area contributed by atoms with Crippen LogP contribution in [-0.4, -0.2) is 6.85 Å². The van der Waals surface area contributed by atoms with Crippen molar-refractivity contribution in [1.29, 1.82) is 0 Å². The third-order valence-corrected chi connectivity index (χ3v) is 13.2. The lowest BCUT2D eigenvalue weighted by atomic mass is 9.43. The lowest BCUT2D eigenvalue weighted by Crippen LogP contribution is -2.61. The van der Waals surface area contributed by atoms with Crippen LogP contribution >= 0.6 is 11.3 Å². The normalized spacial score (nSPS) is 13.7. The first kappa shape index (κ1) is 30.4. The van der Waals surface area contributed by atoms with Gasteiger partial charge in [0.15, 0.2) is 0 Å². The van der Waals surface area contributed by atoms with Crippen molar-refractivity contribution >= 4 is 110 Å². The highest BCUT2D eigenvalue weighted by Crippen LogP contribution is 2.53. The van der Waals surface area contributed by atoms with Crippen molar-refractivity contribution in [1.82, 2.24) is 0 Å². The first-order valence-corrected chi connectivity index (χ1v) is 19.8. The largest absolute Gasteiger partial charge is 0.376 e. The van der Waals surface area contributed by atoms with Gasteiger partial charge in [0.2, 0.25) is 0 Å². The Labute approximate surface area is 319 Å². The summed E-state index contributed by atoms with van der Waals surface area (Å²) in [6.07, 6.45) is 0. The SMILES string of the molecule is CC(C)(C)c1cc2ccc3c4c5c(c6ccc(c1)c2c36)N(c1ccccc1)c1cc2c(cc1B5N(c1ccccc1)c1ccccc1-4)sc1ccccc12. The van der Waals surface area contributed by atoms with Gasteiger partial charge in [0.25, 0.3) is 0 Å². The van der Waals surface area contributed by atoms with E-state index < -0.39 is 0 Å². The van der Waals surface area contributed by atoms with Gasteiger partial charge in [-0.15, -0.1) is 11.3 Å². The van der Waals surface area contributed by atoms with E-state index in [1.165, 1.54) is 109 Å². The minimum Gasteiger partial charge on any atom is -0.376 e. The third-order valence-electron chi connectivity index (χ3n) is 12.1. The van der Waals surface area contributed by atoms with E-state index in [1.54, 1.807) is 0 Å². The molecule has 3 heterocycles. The Bertz CT molecular complexity index is 3140. The summed E-state index contributed by atoms with van der Waals surface area (Å²) in [7, 11) is 0. The molecule has 0 aliphatic carbocycles. The van der Waals surface area contributed by atoms with E-state index in [0.717, 1.165) is 0 Å². The van der Waals surface area contributed by atoms with Crippen LogP contribution in [-0.2, 0) is 5.41 Å². The van der Waals surface area contributed by atoms with Crippen LogP contribution in [0, 0.1) is 0 Å². The van der Waals surface area contributed by atoms with Crippen molar-refractivity contribution in [2.24, 2.45) is 0 Å². The molecule has 0 radical (unpaired) electrons. The van der Waals surface area contributed by atoms with Crippen LogP contribution in [0.25, 0.3) is 63.6 Å². The summed E-state index contributed by atoms with van der Waals surface area (Å²) < 4.78 is 2.65. The molecule has 0 N–H and O–H groups in total. The van der Waals surface area contributed by atoms with Gasteiger partial charge in [0.1, 0.15) is 0 Å². The Morgan fingerprint density at radius 2 is 1.19 bits per heavy atom. The highest BCUT2D eigenvalue weighted by Gasteiger charge is 2.46. The summed E-state index contributed by atoms with van der Waals surface area (Å²) in [5.41, 5.74) is 12.9. The minimum atomic E-state index is -0.0497. The number of para-hydroxylation sites is 3. The fourth-order valence-electron chi connectivity index (χ4n) is 9.70. The molecule has 0 bridgehead atoms. The zero-order valence-electron chi connectivity index (χ0n) is 30.4. The van der Waals surface area contributed by atoms with Gasteiger partial charge in [-0.05, 0) is 97.5 Å². The molecule has 2 aliphatic heterocycles. The van der Waals surface area contributed by atoms with Crippen LogP contribution in [0.4, 0.5) is 28.4 Å². The fourth-order valence-corrected chi connectivity index (χ4v) is 10.8. The number of nitrogens with zero attached hydrogens (tertiary/aromatic N) is 2. The van der Waals surface area contributed by atoms with Gasteiger partial charge in [0.05, 0.1) is 5.69 Å². The molecule has 0 spiro atoms. The molecule has 9 aromatic carbocycles. The average Bonchev–Trinajstić information content (AvgIpc) is 3.57. The Morgan fingerprint density at radius 1 is 0.519 bits per heavy atom. The fraction of sp³-hybridized carbons (Fsp3) is 0.0800. The first-order chi connectivity index (χ1) is 26.4. The number of fused-ring (bicyclic) bond motifs is 9. The maximum absolute atomic E-state index is 2.62. The molecule has 0 saturated carbocycles. The molecule has 0 amide bonds. The summed E-state index contributed by atoms with van der Waals surface area (Å²) in [6, 6.07) is 59.6. The standard InChI is InChI=1S/C50H35BN2S/c1-50(2,3)32-26-30-22-24-37-46-38(25-23-31(27-32)45(30)46)49-48-47(37)36-19-10-12-20-41(36)53(34-16-8-5-9-17-34)51(48)40-29-44-39(35-18-11-13-21-43(35)54-44)28-42(40)52(49)33-14-6-4-7-15-33/h4-29H,1-3H3. The smallest absolute Gasteiger partial charge is 0.333 e. The van der Waals surface area contributed by atoms with Gasteiger partial charge >= 0.3 is 6.85 Å². The van der Waals surface area contributed by atoms with Gasteiger partial charge in [-0.1, -0.05) is 130 Å². The number of benzene rings is 9. The van der Waals surface area contributed by atoms with Crippen molar-refractivity contribution in [2.75, 3.05) is 9.71 Å². The summed E-state index contributed by atoms with van der Waals surface area (Å²) in [6.45, 7) is 6.90. The van der Waals surface area contributed by atoms with Gasteiger partial charge in [0, 0.05) is 59.3 Å². The summed E-state index contributed by atoms with van der Waals surface area (Å²) >= 11 is 1.90. The molecule has 12 rings (SSSR count). The number of hydrogen-bond donors (Lipinski definition) is 0. The van der Waals surface area contributed by atoms with Crippen LogP contribution < -0.4 is 20.6 Å². The highest BCUT2D eigenvalue weighted by molar-refractivity contribution is 7.26. The number of hydrogen-bond acceptors (Lipinski definition) is 3. The molecule has 0 fully saturated rings. The third kappa shape index (κ3) is 4.01. The van der Waals surface area contributed by atoms with E-state index in [1.807, 2.05) is 11.3 Å². The van der Waals surface area contributed by atoms with E-state index in [0.29, 0.717) is 0 Å². The molecule has 0 atom stereocenters. The molecular formula is C50H35BN2S. The van der Waals surface area contributed by atoms with Gasteiger partial charge in [-0.2, -0.15) is 0 Å². The zero-order valence-corrected chi connectivity index (χ0v) is 31.2. The topological polar surface area (TPSA) is 6.48 Å². The Hall–Kier alpha value is -6.10. The molecule has 1 aromatic heterocycles. The van der Waals surface area contributed by atoms with Crippen molar-refractivity contribution in [3.05, 3.63) is 163 Å². The zero-order chi connectivity index (χ0) is 35.9. The number of rotatable bonds is 2. The van der Waals surface area contributed by atoms with Gasteiger partial charge in [-0.3, -0.25) is 0 Å². The van der Waals surface area contributed by atoms with Crippen LogP contribution in [0.2, 0.25) is 0 Å². The second kappa shape index (κ2) is 10.7. The monoisotopic (exact) mass is 706 g/mol. The molecule has 2 aliphatic rings. The molecule has 254 valence electrons.